The molecular weight excluding hydrogens is 296 g/mol. The number of hydrogen-bond donors (Lipinski definition) is 1. The van der Waals surface area contributed by atoms with Crippen LogP contribution in [0.1, 0.15) is 22.4 Å². The van der Waals surface area contributed by atoms with Crippen LogP contribution < -0.4 is 5.32 Å². The molecule has 1 aromatic heterocycles. The first-order valence-electron chi connectivity index (χ1n) is 8.21. The Bertz CT molecular complexity index is 805. The van der Waals surface area contributed by atoms with Crippen molar-refractivity contribution in [2.24, 2.45) is 0 Å². The molecule has 0 aliphatic carbocycles. The van der Waals surface area contributed by atoms with Crippen molar-refractivity contribution in [3.05, 3.63) is 95.3 Å². The summed E-state index contributed by atoms with van der Waals surface area (Å²) in [7, 11) is 0. The van der Waals surface area contributed by atoms with Gasteiger partial charge in [-0.3, -0.25) is 4.79 Å². The lowest BCUT2D eigenvalue weighted by Crippen LogP contribution is -2.25. The highest BCUT2D eigenvalue weighted by molar-refractivity contribution is 5.78. The van der Waals surface area contributed by atoms with E-state index in [-0.39, 0.29) is 5.91 Å². The maximum atomic E-state index is 12.2. The average molecular weight is 318 g/mol. The van der Waals surface area contributed by atoms with Crippen molar-refractivity contribution < 1.29 is 4.79 Å². The second kappa shape index (κ2) is 7.64. The van der Waals surface area contributed by atoms with Gasteiger partial charge in [0.1, 0.15) is 0 Å². The first-order chi connectivity index (χ1) is 11.7. The smallest absolute Gasteiger partial charge is 0.224 e. The number of nitrogens with one attached hydrogen (secondary N) is 1. The molecule has 3 heteroatoms. The highest BCUT2D eigenvalue weighted by Crippen LogP contribution is 2.08. The fraction of sp³-hybridized carbons (Fsp3) is 0.190. The Morgan fingerprint density at radius 1 is 0.958 bits per heavy atom. The van der Waals surface area contributed by atoms with E-state index in [1.807, 2.05) is 49.4 Å². The number of aromatic nitrogens is 1. The fourth-order valence-electron chi connectivity index (χ4n) is 2.80. The van der Waals surface area contributed by atoms with Crippen molar-refractivity contribution >= 4 is 5.91 Å². The molecule has 0 unspecified atom stereocenters. The van der Waals surface area contributed by atoms with E-state index in [1.165, 1.54) is 11.1 Å². The van der Waals surface area contributed by atoms with E-state index in [2.05, 4.69) is 40.3 Å². The third kappa shape index (κ3) is 4.35. The summed E-state index contributed by atoms with van der Waals surface area (Å²) < 4.78 is 2.17. The summed E-state index contributed by atoms with van der Waals surface area (Å²) in [6.45, 7) is 3.40. The van der Waals surface area contributed by atoms with Gasteiger partial charge < -0.3 is 9.88 Å². The summed E-state index contributed by atoms with van der Waals surface area (Å²) in [4.78, 5) is 12.2. The van der Waals surface area contributed by atoms with Gasteiger partial charge in [0.25, 0.3) is 0 Å². The molecule has 0 saturated heterocycles. The monoisotopic (exact) mass is 318 g/mol. The zero-order chi connectivity index (χ0) is 16.8. The standard InChI is InChI=1S/C21H22N2O/c1-17-7-5-10-19(13-17)14-21(24)22-15-20-11-6-12-23(20)16-18-8-3-2-4-9-18/h2-13H,14-16H2,1H3,(H,22,24). The quantitative estimate of drug-likeness (QED) is 0.739. The largest absolute Gasteiger partial charge is 0.350 e. The summed E-state index contributed by atoms with van der Waals surface area (Å²) in [6, 6.07) is 22.5. The van der Waals surface area contributed by atoms with Gasteiger partial charge in [0.15, 0.2) is 0 Å². The van der Waals surface area contributed by atoms with E-state index in [1.54, 1.807) is 0 Å². The summed E-state index contributed by atoms with van der Waals surface area (Å²) in [6.07, 6.45) is 2.47. The van der Waals surface area contributed by atoms with Crippen LogP contribution >= 0.6 is 0 Å². The number of nitrogens with zero attached hydrogens (tertiary/aromatic N) is 1. The van der Waals surface area contributed by atoms with Gasteiger partial charge >= 0.3 is 0 Å². The molecule has 1 amide bonds. The van der Waals surface area contributed by atoms with Crippen LogP contribution in [0.4, 0.5) is 0 Å². The Kier molecular flexibility index (Phi) is 5.12. The molecule has 3 aromatic rings. The lowest BCUT2D eigenvalue weighted by molar-refractivity contribution is -0.120. The van der Waals surface area contributed by atoms with Crippen LogP contribution in [0.25, 0.3) is 0 Å². The van der Waals surface area contributed by atoms with Gasteiger partial charge in [0.05, 0.1) is 13.0 Å². The summed E-state index contributed by atoms with van der Waals surface area (Å²) in [5.74, 6) is 0.0491. The molecule has 1 N–H and O–H groups in total. The molecule has 0 fully saturated rings. The van der Waals surface area contributed by atoms with E-state index < -0.39 is 0 Å². The van der Waals surface area contributed by atoms with Gasteiger partial charge in [-0.1, -0.05) is 60.2 Å². The van der Waals surface area contributed by atoms with Crippen LogP contribution in [-0.4, -0.2) is 10.5 Å². The molecule has 24 heavy (non-hydrogen) atoms. The lowest BCUT2D eigenvalue weighted by Gasteiger charge is -2.11. The maximum Gasteiger partial charge on any atom is 0.224 e. The van der Waals surface area contributed by atoms with Crippen LogP contribution in [0.2, 0.25) is 0 Å². The van der Waals surface area contributed by atoms with Crippen molar-refractivity contribution in [3.63, 3.8) is 0 Å². The van der Waals surface area contributed by atoms with Crippen molar-refractivity contribution in [2.75, 3.05) is 0 Å². The minimum Gasteiger partial charge on any atom is -0.350 e. The minimum atomic E-state index is 0.0491. The fourth-order valence-corrected chi connectivity index (χ4v) is 2.80. The third-order valence-electron chi connectivity index (χ3n) is 4.03. The molecule has 0 radical (unpaired) electrons. The molecule has 2 aromatic carbocycles. The van der Waals surface area contributed by atoms with E-state index in [9.17, 15) is 4.79 Å². The van der Waals surface area contributed by atoms with E-state index in [0.29, 0.717) is 13.0 Å². The molecule has 3 rings (SSSR count). The summed E-state index contributed by atoms with van der Waals surface area (Å²) in [5.41, 5.74) is 4.58. The Balaban J connectivity index is 1.57. The number of carbonyl (C=O) groups is 1. The predicted molar refractivity (Wildman–Crippen MR) is 96.7 cm³/mol. The first-order valence-corrected chi connectivity index (χ1v) is 8.21. The minimum absolute atomic E-state index is 0.0491. The number of aryl methyl sites for hydroxylation is 1. The van der Waals surface area contributed by atoms with Crippen LogP contribution in [-0.2, 0) is 24.3 Å². The summed E-state index contributed by atoms with van der Waals surface area (Å²) in [5, 5.41) is 3.02. The second-order valence-electron chi connectivity index (χ2n) is 6.06. The molecule has 3 nitrogen and oxygen atoms in total. The van der Waals surface area contributed by atoms with Crippen LogP contribution in [0.5, 0.6) is 0 Å². The van der Waals surface area contributed by atoms with Crippen LogP contribution in [0.3, 0.4) is 0 Å². The van der Waals surface area contributed by atoms with Gasteiger partial charge in [0, 0.05) is 18.4 Å². The molecule has 0 bridgehead atoms. The Hall–Kier alpha value is -2.81. The maximum absolute atomic E-state index is 12.2. The zero-order valence-electron chi connectivity index (χ0n) is 13.9. The van der Waals surface area contributed by atoms with Crippen molar-refractivity contribution in [3.8, 4) is 0 Å². The molecule has 0 atom stereocenters. The van der Waals surface area contributed by atoms with Gasteiger partial charge in [-0.05, 0) is 30.2 Å². The normalized spacial score (nSPS) is 10.5. The van der Waals surface area contributed by atoms with Gasteiger partial charge in [-0.25, -0.2) is 0 Å². The first kappa shape index (κ1) is 16.1. The van der Waals surface area contributed by atoms with E-state index >= 15 is 0 Å². The van der Waals surface area contributed by atoms with Crippen molar-refractivity contribution in [2.45, 2.75) is 26.4 Å². The Morgan fingerprint density at radius 2 is 1.75 bits per heavy atom. The number of rotatable bonds is 6. The molecule has 0 saturated carbocycles. The van der Waals surface area contributed by atoms with Crippen molar-refractivity contribution in [1.82, 2.24) is 9.88 Å². The van der Waals surface area contributed by atoms with Crippen LogP contribution in [0.15, 0.2) is 72.9 Å². The highest BCUT2D eigenvalue weighted by atomic mass is 16.1. The number of amides is 1. The zero-order valence-corrected chi connectivity index (χ0v) is 13.9. The third-order valence-corrected chi connectivity index (χ3v) is 4.03. The highest BCUT2D eigenvalue weighted by Gasteiger charge is 2.06. The second-order valence-corrected chi connectivity index (χ2v) is 6.06. The number of carbonyl (C=O) groups excluding carboxylic acids is 1. The number of hydrogen-bond acceptors (Lipinski definition) is 1. The van der Waals surface area contributed by atoms with E-state index in [0.717, 1.165) is 17.8 Å². The topological polar surface area (TPSA) is 34.0 Å². The van der Waals surface area contributed by atoms with E-state index in [4.69, 9.17) is 0 Å². The van der Waals surface area contributed by atoms with Gasteiger partial charge in [0.2, 0.25) is 5.91 Å². The Morgan fingerprint density at radius 3 is 2.54 bits per heavy atom. The lowest BCUT2D eigenvalue weighted by atomic mass is 10.1. The molecule has 0 aliphatic heterocycles. The molecule has 0 spiro atoms. The average Bonchev–Trinajstić information content (AvgIpc) is 3.01. The molecular formula is C21H22N2O. The molecule has 1 heterocycles. The van der Waals surface area contributed by atoms with Gasteiger partial charge in [-0.15, -0.1) is 0 Å². The SMILES string of the molecule is Cc1cccc(CC(=O)NCc2cccn2Cc2ccccc2)c1. The van der Waals surface area contributed by atoms with Crippen LogP contribution in [0, 0.1) is 6.92 Å². The summed E-state index contributed by atoms with van der Waals surface area (Å²) >= 11 is 0. The molecule has 122 valence electrons. The predicted octanol–water partition coefficient (Wildman–Crippen LogP) is 3.70. The van der Waals surface area contributed by atoms with Crippen molar-refractivity contribution in [1.29, 1.82) is 0 Å². The Labute approximate surface area is 143 Å². The molecule has 0 aliphatic rings. The van der Waals surface area contributed by atoms with Gasteiger partial charge in [-0.2, -0.15) is 0 Å². The number of benzene rings is 2.